The average Bonchev–Trinajstić information content (AvgIpc) is 2.21. The van der Waals surface area contributed by atoms with Crippen LogP contribution in [0.2, 0.25) is 0 Å². The summed E-state index contributed by atoms with van der Waals surface area (Å²) in [5.74, 6) is -5.75. The molecule has 1 saturated heterocycles. The third-order valence-electron chi connectivity index (χ3n) is 2.56. The van der Waals surface area contributed by atoms with Gasteiger partial charge >= 0.3 is 12.3 Å². The monoisotopic (exact) mass is 256 g/mol. The molecule has 98 valence electrons. The standard InChI is InChI=1S/C9H12F4N2O2/c1-4-7(17)15(5(2)6(16)14-4)3-9(12,13)8(10)11/h4-5,8H,3H2,1-2H3,(H,14,16). The molecule has 0 aromatic rings. The Balaban J connectivity index is 2.87. The summed E-state index contributed by atoms with van der Waals surface area (Å²) >= 11 is 0. The first-order chi connectivity index (χ1) is 7.66. The van der Waals surface area contributed by atoms with Crippen LogP contribution < -0.4 is 5.32 Å². The molecular formula is C9H12F4N2O2. The average molecular weight is 256 g/mol. The van der Waals surface area contributed by atoms with Gasteiger partial charge in [-0.3, -0.25) is 9.59 Å². The van der Waals surface area contributed by atoms with Crippen molar-refractivity contribution in [2.45, 2.75) is 38.3 Å². The summed E-state index contributed by atoms with van der Waals surface area (Å²) in [7, 11) is 0. The Morgan fingerprint density at radius 1 is 1.35 bits per heavy atom. The van der Waals surface area contributed by atoms with E-state index in [2.05, 4.69) is 5.32 Å². The summed E-state index contributed by atoms with van der Waals surface area (Å²) in [6.45, 7) is 1.06. The van der Waals surface area contributed by atoms with Crippen molar-refractivity contribution in [3.05, 3.63) is 0 Å². The zero-order valence-electron chi connectivity index (χ0n) is 9.21. The molecule has 0 radical (unpaired) electrons. The number of amides is 2. The molecule has 4 nitrogen and oxygen atoms in total. The molecule has 1 N–H and O–H groups in total. The van der Waals surface area contributed by atoms with Crippen LogP contribution in [0, 0.1) is 0 Å². The van der Waals surface area contributed by atoms with Gasteiger partial charge in [0.25, 0.3) is 0 Å². The van der Waals surface area contributed by atoms with Gasteiger partial charge in [-0.2, -0.15) is 8.78 Å². The number of rotatable bonds is 3. The molecule has 2 atom stereocenters. The summed E-state index contributed by atoms with van der Waals surface area (Å²) in [5, 5.41) is 2.26. The number of hydrogen-bond donors (Lipinski definition) is 1. The molecule has 1 aliphatic rings. The van der Waals surface area contributed by atoms with Crippen LogP contribution in [0.4, 0.5) is 17.6 Å². The van der Waals surface area contributed by atoms with Crippen LogP contribution in [0.25, 0.3) is 0 Å². The number of piperazine rings is 1. The van der Waals surface area contributed by atoms with Gasteiger partial charge in [-0.15, -0.1) is 0 Å². The molecule has 0 spiro atoms. The van der Waals surface area contributed by atoms with E-state index < -0.39 is 42.8 Å². The molecule has 8 heteroatoms. The fourth-order valence-electron chi connectivity index (χ4n) is 1.49. The molecule has 1 heterocycles. The van der Waals surface area contributed by atoms with Crippen LogP contribution in [0.1, 0.15) is 13.8 Å². The first-order valence-corrected chi connectivity index (χ1v) is 4.93. The first kappa shape index (κ1) is 13.7. The van der Waals surface area contributed by atoms with Gasteiger partial charge in [0.15, 0.2) is 0 Å². The quantitative estimate of drug-likeness (QED) is 0.753. The van der Waals surface area contributed by atoms with Crippen molar-refractivity contribution in [3.63, 3.8) is 0 Å². The zero-order chi connectivity index (χ0) is 13.4. The SMILES string of the molecule is CC1NC(=O)C(C)N(CC(F)(F)C(F)F)C1=O. The van der Waals surface area contributed by atoms with Gasteiger partial charge in [-0.25, -0.2) is 8.78 Å². The lowest BCUT2D eigenvalue weighted by molar-refractivity contribution is -0.168. The van der Waals surface area contributed by atoms with E-state index in [1.165, 1.54) is 13.8 Å². The number of alkyl halides is 4. The molecule has 17 heavy (non-hydrogen) atoms. The molecule has 0 saturated carbocycles. The molecule has 2 unspecified atom stereocenters. The van der Waals surface area contributed by atoms with Crippen LogP contribution in [-0.2, 0) is 9.59 Å². The van der Waals surface area contributed by atoms with E-state index in [0.717, 1.165) is 0 Å². The van der Waals surface area contributed by atoms with Gasteiger partial charge in [-0.1, -0.05) is 0 Å². The molecular weight excluding hydrogens is 244 g/mol. The van der Waals surface area contributed by atoms with Gasteiger partial charge in [0.1, 0.15) is 12.1 Å². The van der Waals surface area contributed by atoms with E-state index >= 15 is 0 Å². The van der Waals surface area contributed by atoms with Crippen LogP contribution in [0.3, 0.4) is 0 Å². The van der Waals surface area contributed by atoms with E-state index in [1.54, 1.807) is 0 Å². The van der Waals surface area contributed by atoms with Gasteiger partial charge in [0, 0.05) is 0 Å². The highest BCUT2D eigenvalue weighted by molar-refractivity contribution is 5.96. The molecule has 1 fully saturated rings. The normalized spacial score (nSPS) is 26.4. The van der Waals surface area contributed by atoms with E-state index in [4.69, 9.17) is 0 Å². The molecule has 1 rings (SSSR count). The predicted molar refractivity (Wildman–Crippen MR) is 49.7 cm³/mol. The minimum atomic E-state index is -4.32. The van der Waals surface area contributed by atoms with E-state index in [9.17, 15) is 27.2 Å². The number of carbonyl (C=O) groups excluding carboxylic acids is 2. The molecule has 2 amide bonds. The second-order valence-corrected chi connectivity index (χ2v) is 3.93. The van der Waals surface area contributed by atoms with Gasteiger partial charge in [-0.05, 0) is 13.8 Å². The Kier molecular flexibility index (Phi) is 3.63. The second kappa shape index (κ2) is 4.50. The van der Waals surface area contributed by atoms with Crippen LogP contribution in [-0.4, -0.2) is 47.7 Å². The number of carbonyl (C=O) groups is 2. The van der Waals surface area contributed by atoms with Gasteiger partial charge < -0.3 is 10.2 Å². The van der Waals surface area contributed by atoms with Crippen molar-refractivity contribution in [3.8, 4) is 0 Å². The maximum atomic E-state index is 12.9. The van der Waals surface area contributed by atoms with Crippen LogP contribution >= 0.6 is 0 Å². The van der Waals surface area contributed by atoms with Gasteiger partial charge in [0.2, 0.25) is 11.8 Å². The van der Waals surface area contributed by atoms with E-state index in [0.29, 0.717) is 4.90 Å². The molecule has 0 aromatic carbocycles. The lowest BCUT2D eigenvalue weighted by Gasteiger charge is -2.37. The number of hydrogen-bond acceptors (Lipinski definition) is 2. The maximum Gasteiger partial charge on any atom is 0.324 e. The van der Waals surface area contributed by atoms with Crippen molar-refractivity contribution in [2.24, 2.45) is 0 Å². The number of nitrogens with zero attached hydrogens (tertiary/aromatic N) is 1. The fraction of sp³-hybridized carbons (Fsp3) is 0.778. The molecule has 0 bridgehead atoms. The summed E-state index contributed by atoms with van der Waals surface area (Å²) in [6, 6.07) is -2.16. The second-order valence-electron chi connectivity index (χ2n) is 3.93. The third kappa shape index (κ3) is 2.67. The minimum Gasteiger partial charge on any atom is -0.343 e. The number of nitrogens with one attached hydrogen (secondary N) is 1. The highest BCUT2D eigenvalue weighted by Gasteiger charge is 2.47. The molecule has 1 aliphatic heterocycles. The summed E-state index contributed by atoms with van der Waals surface area (Å²) in [6.07, 6.45) is -3.87. The first-order valence-electron chi connectivity index (χ1n) is 4.93. The Hall–Kier alpha value is -1.34. The minimum absolute atomic E-state index is 0.482. The van der Waals surface area contributed by atoms with Crippen molar-refractivity contribution in [2.75, 3.05) is 6.54 Å². The zero-order valence-corrected chi connectivity index (χ0v) is 9.21. The van der Waals surface area contributed by atoms with Gasteiger partial charge in [0.05, 0.1) is 6.54 Å². The highest BCUT2D eigenvalue weighted by Crippen LogP contribution is 2.26. The highest BCUT2D eigenvalue weighted by atomic mass is 19.3. The summed E-state index contributed by atoms with van der Waals surface area (Å²) < 4.78 is 49.8. The lowest BCUT2D eigenvalue weighted by Crippen LogP contribution is -2.63. The predicted octanol–water partition coefficient (Wildman–Crippen LogP) is 0.622. The Labute approximate surface area is 94.9 Å². The van der Waals surface area contributed by atoms with E-state index in [-0.39, 0.29) is 0 Å². The Morgan fingerprint density at radius 2 is 1.88 bits per heavy atom. The lowest BCUT2D eigenvalue weighted by atomic mass is 10.1. The largest absolute Gasteiger partial charge is 0.343 e. The number of halogens is 4. The molecule has 0 aliphatic carbocycles. The summed E-state index contributed by atoms with van der Waals surface area (Å²) in [4.78, 5) is 23.3. The third-order valence-corrected chi connectivity index (χ3v) is 2.56. The van der Waals surface area contributed by atoms with Crippen molar-refractivity contribution in [1.82, 2.24) is 10.2 Å². The van der Waals surface area contributed by atoms with E-state index in [1.807, 2.05) is 0 Å². The Morgan fingerprint density at radius 3 is 2.35 bits per heavy atom. The van der Waals surface area contributed by atoms with Crippen molar-refractivity contribution >= 4 is 11.8 Å². The Bertz CT molecular complexity index is 335. The summed E-state index contributed by atoms with van der Waals surface area (Å²) in [5.41, 5.74) is 0. The smallest absolute Gasteiger partial charge is 0.324 e. The molecule has 0 aromatic heterocycles. The van der Waals surface area contributed by atoms with Crippen LogP contribution in [0.15, 0.2) is 0 Å². The fourth-order valence-corrected chi connectivity index (χ4v) is 1.49. The maximum absolute atomic E-state index is 12.9. The van der Waals surface area contributed by atoms with Crippen molar-refractivity contribution < 1.29 is 27.2 Å². The van der Waals surface area contributed by atoms with Crippen molar-refractivity contribution in [1.29, 1.82) is 0 Å². The topological polar surface area (TPSA) is 49.4 Å². The van der Waals surface area contributed by atoms with Crippen LogP contribution in [0.5, 0.6) is 0 Å².